The fraction of sp³-hybridized carbons (Fsp3) is 0.684. The lowest BCUT2D eigenvalue weighted by Crippen LogP contribution is -2.49. The Bertz CT molecular complexity index is 407. The molecule has 2 unspecified atom stereocenters. The van der Waals surface area contributed by atoms with Crippen LogP contribution in [0, 0.1) is 11.8 Å². The van der Waals surface area contributed by atoms with E-state index in [0.29, 0.717) is 18.0 Å². The van der Waals surface area contributed by atoms with E-state index in [-0.39, 0.29) is 6.04 Å². The number of benzene rings is 1. The summed E-state index contributed by atoms with van der Waals surface area (Å²) in [4.78, 5) is 2.58. The van der Waals surface area contributed by atoms with Crippen molar-refractivity contribution in [3.63, 3.8) is 0 Å². The molecule has 2 atom stereocenters. The highest BCUT2D eigenvalue weighted by molar-refractivity contribution is 5.20. The molecule has 0 heterocycles. The summed E-state index contributed by atoms with van der Waals surface area (Å²) >= 11 is 0. The van der Waals surface area contributed by atoms with Gasteiger partial charge in [-0.25, -0.2) is 0 Å². The summed E-state index contributed by atoms with van der Waals surface area (Å²) in [6, 6.07) is 11.8. The van der Waals surface area contributed by atoms with Gasteiger partial charge in [-0.3, -0.25) is 4.90 Å². The molecule has 21 heavy (non-hydrogen) atoms. The zero-order valence-corrected chi connectivity index (χ0v) is 14.1. The maximum absolute atomic E-state index is 6.63. The van der Waals surface area contributed by atoms with Crippen molar-refractivity contribution in [3.8, 4) is 0 Å². The van der Waals surface area contributed by atoms with E-state index in [4.69, 9.17) is 5.73 Å². The molecule has 2 heteroatoms. The number of nitrogens with two attached hydrogens (primary N) is 1. The average molecular weight is 288 g/mol. The Morgan fingerprint density at radius 3 is 2.14 bits per heavy atom. The van der Waals surface area contributed by atoms with Gasteiger partial charge in [-0.1, -0.05) is 51.1 Å². The summed E-state index contributed by atoms with van der Waals surface area (Å²) in [6.45, 7) is 6.98. The highest BCUT2D eigenvalue weighted by Gasteiger charge is 2.32. The van der Waals surface area contributed by atoms with E-state index in [0.717, 1.165) is 5.92 Å². The molecule has 0 bridgehead atoms. The van der Waals surface area contributed by atoms with Crippen molar-refractivity contribution in [1.29, 1.82) is 0 Å². The van der Waals surface area contributed by atoms with E-state index in [1.807, 2.05) is 0 Å². The molecule has 0 amide bonds. The fourth-order valence-corrected chi connectivity index (χ4v) is 3.90. The van der Waals surface area contributed by atoms with Gasteiger partial charge in [-0.2, -0.15) is 0 Å². The lowest BCUT2D eigenvalue weighted by molar-refractivity contribution is 0.0812. The third-order valence-corrected chi connectivity index (χ3v) is 5.27. The van der Waals surface area contributed by atoms with E-state index < -0.39 is 0 Å². The minimum Gasteiger partial charge on any atom is -0.323 e. The Morgan fingerprint density at radius 1 is 1.05 bits per heavy atom. The van der Waals surface area contributed by atoms with E-state index in [1.54, 1.807) is 0 Å². The van der Waals surface area contributed by atoms with Crippen molar-refractivity contribution in [2.75, 3.05) is 7.05 Å². The molecule has 0 aromatic heterocycles. The zero-order valence-electron chi connectivity index (χ0n) is 14.1. The molecule has 0 saturated heterocycles. The van der Waals surface area contributed by atoms with Gasteiger partial charge in [-0.05, 0) is 50.1 Å². The molecule has 2 nitrogen and oxygen atoms in total. The second-order valence-corrected chi connectivity index (χ2v) is 7.25. The Hall–Kier alpha value is -0.860. The molecule has 0 spiro atoms. The van der Waals surface area contributed by atoms with Crippen LogP contribution in [0.25, 0.3) is 0 Å². The predicted molar refractivity (Wildman–Crippen MR) is 91.2 cm³/mol. The molecular weight excluding hydrogens is 256 g/mol. The molecule has 0 aliphatic heterocycles. The van der Waals surface area contributed by atoms with E-state index in [9.17, 15) is 0 Å². The summed E-state index contributed by atoms with van der Waals surface area (Å²) < 4.78 is 0. The number of hydrogen-bond donors (Lipinski definition) is 1. The molecule has 1 fully saturated rings. The third kappa shape index (κ3) is 4.08. The van der Waals surface area contributed by atoms with E-state index in [2.05, 4.69) is 63.1 Å². The first-order valence-corrected chi connectivity index (χ1v) is 8.53. The first kappa shape index (κ1) is 16.5. The van der Waals surface area contributed by atoms with Crippen LogP contribution < -0.4 is 5.73 Å². The number of nitrogens with zero attached hydrogens (tertiary/aromatic N) is 1. The van der Waals surface area contributed by atoms with Gasteiger partial charge in [0, 0.05) is 18.1 Å². The summed E-state index contributed by atoms with van der Waals surface area (Å²) in [7, 11) is 2.29. The maximum Gasteiger partial charge on any atom is 0.0455 e. The predicted octanol–water partition coefficient (Wildman–Crippen LogP) is 4.22. The topological polar surface area (TPSA) is 29.3 Å². The molecule has 2 rings (SSSR count). The summed E-state index contributed by atoms with van der Waals surface area (Å²) in [6.07, 6.45) is 5.37. The molecule has 1 saturated carbocycles. The minimum atomic E-state index is 0.0931. The highest BCUT2D eigenvalue weighted by atomic mass is 15.2. The highest BCUT2D eigenvalue weighted by Crippen LogP contribution is 2.32. The summed E-state index contributed by atoms with van der Waals surface area (Å²) in [5.74, 6) is 1.46. The van der Waals surface area contributed by atoms with Crippen molar-refractivity contribution in [3.05, 3.63) is 35.9 Å². The maximum atomic E-state index is 6.63. The molecule has 1 aromatic carbocycles. The van der Waals surface area contributed by atoms with E-state index >= 15 is 0 Å². The quantitative estimate of drug-likeness (QED) is 0.879. The van der Waals surface area contributed by atoms with Crippen molar-refractivity contribution in [2.24, 2.45) is 17.6 Å². The van der Waals surface area contributed by atoms with Crippen LogP contribution in [0.1, 0.15) is 58.1 Å². The first-order valence-electron chi connectivity index (χ1n) is 8.53. The molecule has 118 valence electrons. The van der Waals surface area contributed by atoms with E-state index in [1.165, 1.54) is 31.2 Å². The zero-order chi connectivity index (χ0) is 15.4. The standard InChI is InChI=1S/C19H32N2/c1-14(2)19(18(20)16-8-6-5-7-9-16)21(4)17-12-10-15(3)11-13-17/h5-9,14-15,17-19H,10-13,20H2,1-4H3. The molecule has 0 radical (unpaired) electrons. The van der Waals surface area contributed by atoms with Crippen molar-refractivity contribution < 1.29 is 0 Å². The van der Waals surface area contributed by atoms with Crippen LogP contribution >= 0.6 is 0 Å². The van der Waals surface area contributed by atoms with Gasteiger partial charge in [0.25, 0.3) is 0 Å². The smallest absolute Gasteiger partial charge is 0.0455 e. The molecule has 1 aliphatic carbocycles. The summed E-state index contributed by atoms with van der Waals surface area (Å²) in [5.41, 5.74) is 7.89. The van der Waals surface area contributed by atoms with Crippen LogP contribution in [0.5, 0.6) is 0 Å². The molecule has 1 aliphatic rings. The van der Waals surface area contributed by atoms with Crippen LogP contribution in [0.15, 0.2) is 30.3 Å². The molecule has 2 N–H and O–H groups in total. The van der Waals surface area contributed by atoms with Crippen molar-refractivity contribution in [1.82, 2.24) is 4.90 Å². The van der Waals surface area contributed by atoms with Gasteiger partial charge < -0.3 is 5.73 Å². The Morgan fingerprint density at radius 2 is 1.62 bits per heavy atom. The van der Waals surface area contributed by atoms with Gasteiger partial charge in [0.2, 0.25) is 0 Å². The summed E-state index contributed by atoms with van der Waals surface area (Å²) in [5, 5.41) is 0. The monoisotopic (exact) mass is 288 g/mol. The normalized spacial score (nSPS) is 26.0. The van der Waals surface area contributed by atoms with Gasteiger partial charge in [0.15, 0.2) is 0 Å². The third-order valence-electron chi connectivity index (χ3n) is 5.27. The Balaban J connectivity index is 2.11. The fourth-order valence-electron chi connectivity index (χ4n) is 3.90. The van der Waals surface area contributed by atoms with Crippen molar-refractivity contribution in [2.45, 2.75) is 64.6 Å². The van der Waals surface area contributed by atoms with Gasteiger partial charge in [0.05, 0.1) is 0 Å². The first-order chi connectivity index (χ1) is 10.0. The van der Waals surface area contributed by atoms with Gasteiger partial charge >= 0.3 is 0 Å². The van der Waals surface area contributed by atoms with Crippen LogP contribution in [0.3, 0.4) is 0 Å². The van der Waals surface area contributed by atoms with Crippen molar-refractivity contribution >= 4 is 0 Å². The van der Waals surface area contributed by atoms with Gasteiger partial charge in [-0.15, -0.1) is 0 Å². The SMILES string of the molecule is CC1CCC(N(C)C(C(C)C)C(N)c2ccccc2)CC1. The second kappa shape index (κ2) is 7.42. The lowest BCUT2D eigenvalue weighted by atomic mass is 9.83. The Labute approximate surface area is 130 Å². The number of likely N-dealkylation sites (N-methyl/N-ethyl adjacent to an activating group) is 1. The Kier molecular flexibility index (Phi) is 5.83. The van der Waals surface area contributed by atoms with Crippen LogP contribution in [0.2, 0.25) is 0 Å². The van der Waals surface area contributed by atoms with Crippen LogP contribution in [-0.4, -0.2) is 24.0 Å². The van der Waals surface area contributed by atoms with Crippen LogP contribution in [-0.2, 0) is 0 Å². The molecular formula is C19H32N2. The minimum absolute atomic E-state index is 0.0931. The number of rotatable bonds is 5. The lowest BCUT2D eigenvalue weighted by Gasteiger charge is -2.43. The van der Waals surface area contributed by atoms with Crippen LogP contribution in [0.4, 0.5) is 0 Å². The second-order valence-electron chi connectivity index (χ2n) is 7.25. The van der Waals surface area contributed by atoms with Gasteiger partial charge in [0.1, 0.15) is 0 Å². The largest absolute Gasteiger partial charge is 0.323 e. The average Bonchev–Trinajstić information content (AvgIpc) is 2.48. The molecule has 1 aromatic rings. The number of hydrogen-bond acceptors (Lipinski definition) is 2.